The summed E-state index contributed by atoms with van der Waals surface area (Å²) in [4.78, 5) is 0. The van der Waals surface area contributed by atoms with Gasteiger partial charge in [-0.15, -0.1) is 0 Å². The van der Waals surface area contributed by atoms with Gasteiger partial charge in [-0.2, -0.15) is 0 Å². The van der Waals surface area contributed by atoms with Gasteiger partial charge in [0.25, 0.3) is 0 Å². The molecule has 0 bridgehead atoms. The van der Waals surface area contributed by atoms with Crippen molar-refractivity contribution in [3.63, 3.8) is 0 Å². The Bertz CT molecular complexity index is 216. The second kappa shape index (κ2) is 6.52. The van der Waals surface area contributed by atoms with Crippen LogP contribution in [0.5, 0.6) is 0 Å². The van der Waals surface area contributed by atoms with E-state index in [0.29, 0.717) is 17.9 Å². The fourth-order valence-electron chi connectivity index (χ4n) is 1.66. The minimum Gasteiger partial charge on any atom is -0.513 e. The minimum atomic E-state index is 0.386. The third kappa shape index (κ3) is 4.95. The van der Waals surface area contributed by atoms with Crippen molar-refractivity contribution < 1.29 is 10.2 Å². The van der Waals surface area contributed by atoms with Crippen molar-refractivity contribution in [3.05, 3.63) is 23.7 Å². The Balaban J connectivity index is 2.45. The van der Waals surface area contributed by atoms with Gasteiger partial charge >= 0.3 is 0 Å². The van der Waals surface area contributed by atoms with Crippen LogP contribution in [0.3, 0.4) is 0 Å². The van der Waals surface area contributed by atoms with Crippen LogP contribution in [0.25, 0.3) is 0 Å². The van der Waals surface area contributed by atoms with Gasteiger partial charge in [0.1, 0.15) is 0 Å². The molecule has 2 N–H and O–H groups in total. The second-order valence-corrected chi connectivity index (χ2v) is 3.90. The zero-order valence-electron chi connectivity index (χ0n) is 8.71. The average molecular weight is 196 g/mol. The molecule has 1 aliphatic carbocycles. The lowest BCUT2D eigenvalue weighted by Gasteiger charge is -2.04. The largest absolute Gasteiger partial charge is 0.513 e. The first kappa shape index (κ1) is 11.2. The molecule has 0 unspecified atom stereocenters. The molecule has 2 heteroatoms. The predicted molar refractivity (Wildman–Crippen MR) is 58.4 cm³/mol. The normalized spacial score (nSPS) is 21.4. The molecule has 0 saturated carbocycles. The van der Waals surface area contributed by atoms with Crippen molar-refractivity contribution in [1.29, 1.82) is 0 Å². The van der Waals surface area contributed by atoms with Gasteiger partial charge in [-0.05, 0) is 31.4 Å². The van der Waals surface area contributed by atoms with E-state index < -0.39 is 0 Å². The molecule has 1 aliphatic rings. The van der Waals surface area contributed by atoms with Gasteiger partial charge in [0.05, 0.1) is 11.5 Å². The van der Waals surface area contributed by atoms with E-state index in [1.165, 1.54) is 25.7 Å². The zero-order chi connectivity index (χ0) is 10.2. The molecule has 0 aromatic heterocycles. The second-order valence-electron chi connectivity index (χ2n) is 3.90. The van der Waals surface area contributed by atoms with Gasteiger partial charge in [0.2, 0.25) is 0 Å². The molecule has 80 valence electrons. The zero-order valence-corrected chi connectivity index (χ0v) is 8.71. The van der Waals surface area contributed by atoms with E-state index >= 15 is 0 Å². The predicted octanol–water partition coefficient (Wildman–Crippen LogP) is 4.00. The number of rotatable bonds is 0. The minimum absolute atomic E-state index is 0.386. The summed E-state index contributed by atoms with van der Waals surface area (Å²) in [7, 11) is 0. The Labute approximate surface area is 86.0 Å². The number of aliphatic hydroxyl groups excluding tert-OH is 2. The molecular formula is C12H20O2. The summed E-state index contributed by atoms with van der Waals surface area (Å²) in [5.74, 6) is 0.808. The molecule has 0 amide bonds. The Morgan fingerprint density at radius 2 is 1.50 bits per heavy atom. The van der Waals surface area contributed by atoms with E-state index in [9.17, 15) is 10.2 Å². The van der Waals surface area contributed by atoms with Crippen molar-refractivity contribution >= 4 is 0 Å². The molecule has 0 aromatic rings. The topological polar surface area (TPSA) is 40.5 Å². The highest BCUT2D eigenvalue weighted by Crippen LogP contribution is 2.14. The third-order valence-electron chi connectivity index (χ3n) is 2.56. The quantitative estimate of drug-likeness (QED) is 0.614. The molecule has 0 aromatic carbocycles. The SMILES string of the molecule is OC1=CCCCCCCCC(O)=CC1. The molecule has 0 saturated heterocycles. The van der Waals surface area contributed by atoms with Crippen LogP contribution in [0, 0.1) is 0 Å². The molecule has 2 nitrogen and oxygen atoms in total. The van der Waals surface area contributed by atoms with E-state index in [4.69, 9.17) is 0 Å². The van der Waals surface area contributed by atoms with Crippen molar-refractivity contribution in [2.24, 2.45) is 0 Å². The van der Waals surface area contributed by atoms with Gasteiger partial charge in [-0.1, -0.05) is 19.3 Å². The fourth-order valence-corrected chi connectivity index (χ4v) is 1.66. The Morgan fingerprint density at radius 3 is 2.36 bits per heavy atom. The first-order valence-corrected chi connectivity index (χ1v) is 5.55. The molecule has 0 aliphatic heterocycles. The van der Waals surface area contributed by atoms with Crippen LogP contribution >= 0.6 is 0 Å². The lowest BCUT2D eigenvalue weighted by Crippen LogP contribution is -1.88. The molecule has 0 atom stereocenters. The molecule has 0 heterocycles. The number of hydrogen-bond donors (Lipinski definition) is 2. The van der Waals surface area contributed by atoms with Gasteiger partial charge in [0, 0.05) is 12.8 Å². The van der Waals surface area contributed by atoms with E-state index in [-0.39, 0.29) is 0 Å². The van der Waals surface area contributed by atoms with Crippen LogP contribution in [0.1, 0.15) is 51.4 Å². The van der Waals surface area contributed by atoms with Gasteiger partial charge < -0.3 is 10.2 Å². The highest BCUT2D eigenvalue weighted by Gasteiger charge is 1.98. The molecule has 1 rings (SSSR count). The van der Waals surface area contributed by atoms with Gasteiger partial charge in [0.15, 0.2) is 0 Å². The van der Waals surface area contributed by atoms with E-state index in [1.54, 1.807) is 6.08 Å². The fraction of sp³-hybridized carbons (Fsp3) is 0.667. The average Bonchev–Trinajstić information content (AvgIpc) is 2.17. The monoisotopic (exact) mass is 196 g/mol. The van der Waals surface area contributed by atoms with Crippen LogP contribution in [-0.2, 0) is 0 Å². The summed E-state index contributed by atoms with van der Waals surface area (Å²) in [6.07, 6.45) is 11.7. The van der Waals surface area contributed by atoms with Crippen LogP contribution in [0.4, 0.5) is 0 Å². The maximum Gasteiger partial charge on any atom is 0.0921 e. The summed E-state index contributed by atoms with van der Waals surface area (Å²) < 4.78 is 0. The van der Waals surface area contributed by atoms with E-state index in [1.807, 2.05) is 6.08 Å². The summed E-state index contributed by atoms with van der Waals surface area (Å²) in [6.45, 7) is 0. The maximum absolute atomic E-state index is 9.43. The molecule has 0 spiro atoms. The van der Waals surface area contributed by atoms with Crippen molar-refractivity contribution in [2.75, 3.05) is 0 Å². The summed E-state index contributed by atoms with van der Waals surface area (Å²) in [6, 6.07) is 0. The number of allylic oxidation sites excluding steroid dienone is 3. The van der Waals surface area contributed by atoms with Gasteiger partial charge in [-0.25, -0.2) is 0 Å². The lowest BCUT2D eigenvalue weighted by molar-refractivity contribution is 0.366. The van der Waals surface area contributed by atoms with Crippen LogP contribution in [0.2, 0.25) is 0 Å². The summed E-state index contributed by atoms with van der Waals surface area (Å²) >= 11 is 0. The highest BCUT2D eigenvalue weighted by molar-refractivity contribution is 5.02. The van der Waals surface area contributed by atoms with Crippen molar-refractivity contribution in [2.45, 2.75) is 51.4 Å². The Kier molecular flexibility index (Phi) is 5.20. The summed E-state index contributed by atoms with van der Waals surface area (Å²) in [5.41, 5.74) is 0. The lowest BCUT2D eigenvalue weighted by atomic mass is 10.1. The maximum atomic E-state index is 9.43. The molecule has 0 radical (unpaired) electrons. The molecule has 14 heavy (non-hydrogen) atoms. The standard InChI is InChI=1S/C12H20O2/c13-11-7-5-3-1-2-4-6-8-12(14)10-9-11/h7,10,13-14H,1-6,8-9H2. The van der Waals surface area contributed by atoms with Crippen LogP contribution in [-0.4, -0.2) is 10.2 Å². The molecular weight excluding hydrogens is 176 g/mol. The highest BCUT2D eigenvalue weighted by atomic mass is 16.3. The van der Waals surface area contributed by atoms with Crippen molar-refractivity contribution in [3.8, 4) is 0 Å². The van der Waals surface area contributed by atoms with E-state index in [2.05, 4.69) is 0 Å². The Morgan fingerprint density at radius 1 is 0.786 bits per heavy atom. The number of aliphatic hydroxyl groups is 2. The van der Waals surface area contributed by atoms with Crippen LogP contribution < -0.4 is 0 Å². The first-order chi connectivity index (χ1) is 6.79. The van der Waals surface area contributed by atoms with E-state index in [0.717, 1.165) is 19.3 Å². The van der Waals surface area contributed by atoms with Crippen LogP contribution in [0.15, 0.2) is 23.7 Å². The molecule has 0 fully saturated rings. The van der Waals surface area contributed by atoms with Gasteiger partial charge in [-0.3, -0.25) is 0 Å². The Hall–Kier alpha value is -0.920. The van der Waals surface area contributed by atoms with Crippen molar-refractivity contribution in [1.82, 2.24) is 0 Å². The first-order valence-electron chi connectivity index (χ1n) is 5.55. The number of hydrogen-bond acceptors (Lipinski definition) is 2. The third-order valence-corrected chi connectivity index (χ3v) is 2.56. The summed E-state index contributed by atoms with van der Waals surface area (Å²) in [5, 5.41) is 18.9. The smallest absolute Gasteiger partial charge is 0.0921 e.